The monoisotopic (exact) mass is 338 g/mol. The molecule has 0 aliphatic carbocycles. The average Bonchev–Trinajstić information content (AvgIpc) is 2.89. The van der Waals surface area contributed by atoms with Crippen LogP contribution in [-0.4, -0.2) is 22.2 Å². The quantitative estimate of drug-likeness (QED) is 0.771. The van der Waals surface area contributed by atoms with Crippen molar-refractivity contribution >= 4 is 44.1 Å². The summed E-state index contributed by atoms with van der Waals surface area (Å²) in [6.07, 6.45) is 2.45. The van der Waals surface area contributed by atoms with Gasteiger partial charge < -0.3 is 4.84 Å². The Kier molecular flexibility index (Phi) is 3.46. The van der Waals surface area contributed by atoms with Gasteiger partial charge in [-0.2, -0.15) is 0 Å². The van der Waals surface area contributed by atoms with E-state index in [-0.39, 0.29) is 11.5 Å². The molecule has 19 heavy (non-hydrogen) atoms. The Bertz CT molecular complexity index is 657. The van der Waals surface area contributed by atoms with Crippen LogP contribution in [0.1, 0.15) is 18.9 Å². The number of rotatable bonds is 2. The lowest BCUT2D eigenvalue weighted by atomic mass is 10.0. The lowest BCUT2D eigenvalue weighted by Gasteiger charge is -2.09. The maximum absolute atomic E-state index is 6.06. The zero-order valence-corrected chi connectivity index (χ0v) is 12.6. The van der Waals surface area contributed by atoms with Crippen LogP contribution < -0.4 is 0 Å². The summed E-state index contributed by atoms with van der Waals surface area (Å²) in [4.78, 5) is 9.83. The molecular weight excluding hydrogens is 328 g/mol. The van der Waals surface area contributed by atoms with Crippen LogP contribution in [-0.2, 0) is 4.84 Å². The van der Waals surface area contributed by atoms with Crippen molar-refractivity contribution in [1.82, 2.24) is 4.98 Å². The zero-order valence-electron chi connectivity index (χ0n) is 10.3. The summed E-state index contributed by atoms with van der Waals surface area (Å²) >= 11 is 9.60. The molecule has 0 radical (unpaired) electrons. The van der Waals surface area contributed by atoms with Crippen molar-refractivity contribution in [2.24, 2.45) is 5.16 Å². The highest BCUT2D eigenvalue weighted by Crippen LogP contribution is 2.29. The van der Waals surface area contributed by atoms with Crippen LogP contribution in [0, 0.1) is 0 Å². The van der Waals surface area contributed by atoms with Gasteiger partial charge in [-0.05, 0) is 25.1 Å². The minimum Gasteiger partial charge on any atom is -0.390 e. The third kappa shape index (κ3) is 2.35. The van der Waals surface area contributed by atoms with Crippen LogP contribution in [0.25, 0.3) is 10.9 Å². The number of hydrogen-bond donors (Lipinski definition) is 0. The molecule has 5 heteroatoms. The highest BCUT2D eigenvalue weighted by molar-refractivity contribution is 9.10. The molecule has 0 N–H and O–H groups in total. The van der Waals surface area contributed by atoms with E-state index in [1.165, 1.54) is 0 Å². The summed E-state index contributed by atoms with van der Waals surface area (Å²) in [6, 6.07) is 7.99. The van der Waals surface area contributed by atoms with E-state index in [4.69, 9.17) is 16.4 Å². The molecule has 3 nitrogen and oxygen atoms in total. The summed E-state index contributed by atoms with van der Waals surface area (Å²) in [5.41, 5.74) is 2.86. The van der Waals surface area contributed by atoms with Crippen LogP contribution in [0.15, 0.2) is 40.1 Å². The molecule has 2 aromatic rings. The molecule has 2 heterocycles. The maximum atomic E-state index is 6.06. The van der Waals surface area contributed by atoms with Gasteiger partial charge >= 0.3 is 0 Å². The Balaban J connectivity index is 2.05. The maximum Gasteiger partial charge on any atom is 0.149 e. The lowest BCUT2D eigenvalue weighted by Crippen LogP contribution is -2.18. The van der Waals surface area contributed by atoms with Gasteiger partial charge in [-0.25, -0.2) is 0 Å². The Labute approximate surface area is 124 Å². The number of alkyl halides is 1. The van der Waals surface area contributed by atoms with Crippen LogP contribution >= 0.6 is 27.5 Å². The van der Waals surface area contributed by atoms with Crippen molar-refractivity contribution in [2.75, 3.05) is 0 Å². The number of oxime groups is 1. The predicted octanol–water partition coefficient (Wildman–Crippen LogP) is 4.12. The SMILES string of the molecule is CC(Cl)C1CC(c2ccc(Br)c3cccnc23)=NO1. The third-order valence-electron chi connectivity index (χ3n) is 3.23. The van der Waals surface area contributed by atoms with Gasteiger partial charge in [0.2, 0.25) is 0 Å². The first-order valence-corrected chi connectivity index (χ1v) is 7.30. The second kappa shape index (κ2) is 5.10. The summed E-state index contributed by atoms with van der Waals surface area (Å²) in [5.74, 6) is 0. The van der Waals surface area contributed by atoms with Gasteiger partial charge in [0, 0.05) is 28.0 Å². The molecule has 1 aromatic heterocycles. The Morgan fingerprint density at radius 2 is 2.26 bits per heavy atom. The molecule has 2 atom stereocenters. The predicted molar refractivity (Wildman–Crippen MR) is 80.8 cm³/mol. The Morgan fingerprint density at radius 1 is 1.42 bits per heavy atom. The highest BCUT2D eigenvalue weighted by atomic mass is 79.9. The summed E-state index contributed by atoms with van der Waals surface area (Å²) < 4.78 is 1.03. The van der Waals surface area contributed by atoms with E-state index in [0.717, 1.165) is 33.1 Å². The first kappa shape index (κ1) is 12.9. The molecule has 1 aliphatic heterocycles. The molecular formula is C14H12BrClN2O. The lowest BCUT2D eigenvalue weighted by molar-refractivity contribution is 0.0855. The van der Waals surface area contributed by atoms with E-state index in [2.05, 4.69) is 26.1 Å². The van der Waals surface area contributed by atoms with E-state index in [1.54, 1.807) is 6.20 Å². The van der Waals surface area contributed by atoms with Crippen molar-refractivity contribution < 1.29 is 4.84 Å². The smallest absolute Gasteiger partial charge is 0.149 e. The second-order valence-corrected chi connectivity index (χ2v) is 6.10. The fourth-order valence-corrected chi connectivity index (χ4v) is 2.76. The third-order valence-corrected chi connectivity index (χ3v) is 4.21. The van der Waals surface area contributed by atoms with E-state index in [0.29, 0.717) is 0 Å². The average molecular weight is 340 g/mol. The molecule has 0 saturated carbocycles. The van der Waals surface area contributed by atoms with Crippen molar-refractivity contribution in [2.45, 2.75) is 24.8 Å². The van der Waals surface area contributed by atoms with Gasteiger partial charge in [-0.15, -0.1) is 11.6 Å². The van der Waals surface area contributed by atoms with Crippen LogP contribution in [0.4, 0.5) is 0 Å². The number of pyridine rings is 1. The number of hydrogen-bond acceptors (Lipinski definition) is 3. The van der Waals surface area contributed by atoms with Gasteiger partial charge in [-0.3, -0.25) is 4.98 Å². The normalized spacial score (nSPS) is 20.2. The van der Waals surface area contributed by atoms with Crippen LogP contribution in [0.5, 0.6) is 0 Å². The van der Waals surface area contributed by atoms with E-state index >= 15 is 0 Å². The molecule has 0 bridgehead atoms. The molecule has 0 amide bonds. The molecule has 3 rings (SSSR count). The van der Waals surface area contributed by atoms with Crippen molar-refractivity contribution in [3.05, 3.63) is 40.5 Å². The summed E-state index contributed by atoms with van der Waals surface area (Å²) in [5, 5.41) is 5.18. The minimum atomic E-state index is -0.0593. The first-order chi connectivity index (χ1) is 9.16. The number of benzene rings is 1. The zero-order chi connectivity index (χ0) is 13.4. The minimum absolute atomic E-state index is 0.0564. The van der Waals surface area contributed by atoms with Crippen molar-refractivity contribution in [3.8, 4) is 0 Å². The standard InChI is InChI=1S/C14H12BrClN2O/c1-8(16)13-7-12(18-19-13)10-4-5-11(15)9-3-2-6-17-14(9)10/h2-6,8,13H,7H2,1H3. The van der Waals surface area contributed by atoms with Crippen LogP contribution in [0.3, 0.4) is 0 Å². The van der Waals surface area contributed by atoms with Gasteiger partial charge in [-0.1, -0.05) is 27.2 Å². The molecule has 98 valence electrons. The highest BCUT2D eigenvalue weighted by Gasteiger charge is 2.27. The number of nitrogens with zero attached hydrogens (tertiary/aromatic N) is 2. The largest absolute Gasteiger partial charge is 0.390 e. The Hall–Kier alpha value is -1.13. The van der Waals surface area contributed by atoms with E-state index in [1.807, 2.05) is 31.2 Å². The van der Waals surface area contributed by atoms with E-state index < -0.39 is 0 Å². The van der Waals surface area contributed by atoms with Gasteiger partial charge in [0.25, 0.3) is 0 Å². The molecule has 0 fully saturated rings. The van der Waals surface area contributed by atoms with Crippen LogP contribution in [0.2, 0.25) is 0 Å². The number of aromatic nitrogens is 1. The first-order valence-electron chi connectivity index (χ1n) is 6.07. The molecule has 1 aliphatic rings. The number of fused-ring (bicyclic) bond motifs is 1. The second-order valence-electron chi connectivity index (χ2n) is 4.56. The Morgan fingerprint density at radius 3 is 3.00 bits per heavy atom. The van der Waals surface area contributed by atoms with Crippen molar-refractivity contribution in [1.29, 1.82) is 0 Å². The molecule has 2 unspecified atom stereocenters. The van der Waals surface area contributed by atoms with Crippen molar-refractivity contribution in [3.63, 3.8) is 0 Å². The summed E-state index contributed by atoms with van der Waals surface area (Å²) in [7, 11) is 0. The molecule has 0 saturated heterocycles. The topological polar surface area (TPSA) is 34.5 Å². The fraction of sp³-hybridized carbons (Fsp3) is 0.286. The van der Waals surface area contributed by atoms with Gasteiger partial charge in [0.15, 0.2) is 0 Å². The number of halogens is 2. The molecule has 1 aromatic carbocycles. The van der Waals surface area contributed by atoms with Gasteiger partial charge in [0.1, 0.15) is 6.10 Å². The summed E-state index contributed by atoms with van der Waals surface area (Å²) in [6.45, 7) is 1.92. The molecule has 0 spiro atoms. The van der Waals surface area contributed by atoms with Gasteiger partial charge in [0.05, 0.1) is 16.6 Å². The van der Waals surface area contributed by atoms with E-state index in [9.17, 15) is 0 Å². The fourth-order valence-electron chi connectivity index (χ4n) is 2.17.